The van der Waals surface area contributed by atoms with Gasteiger partial charge in [-0.2, -0.15) is 0 Å². The number of amides is 3. The highest BCUT2D eigenvalue weighted by Gasteiger charge is 2.25. The molecule has 2 fully saturated rings. The Balaban J connectivity index is 1.45. The molecule has 24 heavy (non-hydrogen) atoms. The molecule has 1 aromatic carbocycles. The van der Waals surface area contributed by atoms with Gasteiger partial charge in [0.1, 0.15) is 0 Å². The van der Waals surface area contributed by atoms with E-state index in [1.807, 2.05) is 0 Å². The monoisotopic (exact) mass is 330 g/mol. The van der Waals surface area contributed by atoms with Crippen LogP contribution in [0.25, 0.3) is 0 Å². The quantitative estimate of drug-likeness (QED) is 0.882. The molecule has 6 nitrogen and oxygen atoms in total. The third-order valence-electron chi connectivity index (χ3n) is 5.04. The van der Waals surface area contributed by atoms with Crippen LogP contribution < -0.4 is 16.0 Å². The van der Waals surface area contributed by atoms with Crippen molar-refractivity contribution < 1.29 is 9.59 Å². The van der Waals surface area contributed by atoms with Crippen LogP contribution in [-0.2, 0) is 11.3 Å². The van der Waals surface area contributed by atoms with E-state index in [1.54, 1.807) is 4.90 Å². The Morgan fingerprint density at radius 1 is 1.04 bits per heavy atom. The van der Waals surface area contributed by atoms with Crippen molar-refractivity contribution in [3.8, 4) is 0 Å². The van der Waals surface area contributed by atoms with Crippen LogP contribution in [0.4, 0.5) is 10.5 Å². The van der Waals surface area contributed by atoms with Crippen LogP contribution in [0.5, 0.6) is 0 Å². The van der Waals surface area contributed by atoms with Gasteiger partial charge in [0, 0.05) is 44.3 Å². The van der Waals surface area contributed by atoms with Crippen LogP contribution in [0.15, 0.2) is 24.3 Å². The van der Waals surface area contributed by atoms with Crippen LogP contribution in [0.1, 0.15) is 31.2 Å². The topological polar surface area (TPSA) is 78.7 Å². The minimum atomic E-state index is -0.256. The van der Waals surface area contributed by atoms with Crippen LogP contribution in [0.2, 0.25) is 0 Å². The molecule has 0 saturated carbocycles. The van der Waals surface area contributed by atoms with Crippen LogP contribution in [0, 0.1) is 5.92 Å². The van der Waals surface area contributed by atoms with Crippen molar-refractivity contribution in [3.05, 3.63) is 29.8 Å². The first kappa shape index (κ1) is 16.6. The van der Waals surface area contributed by atoms with Gasteiger partial charge >= 0.3 is 6.03 Å². The summed E-state index contributed by atoms with van der Waals surface area (Å²) < 4.78 is 0. The Kier molecular flexibility index (Phi) is 5.23. The molecule has 0 radical (unpaired) electrons. The number of piperidine rings is 1. The van der Waals surface area contributed by atoms with Gasteiger partial charge in [0.15, 0.2) is 0 Å². The van der Waals surface area contributed by atoms with E-state index in [4.69, 9.17) is 5.73 Å². The second-order valence-electron chi connectivity index (χ2n) is 6.68. The van der Waals surface area contributed by atoms with Crippen molar-refractivity contribution in [3.63, 3.8) is 0 Å². The second kappa shape index (κ2) is 7.55. The highest BCUT2D eigenvalue weighted by atomic mass is 16.2. The maximum atomic E-state index is 12.2. The maximum Gasteiger partial charge on any atom is 0.317 e. The molecule has 0 spiro atoms. The van der Waals surface area contributed by atoms with Gasteiger partial charge in [-0.3, -0.25) is 4.79 Å². The molecule has 0 atom stereocenters. The predicted molar refractivity (Wildman–Crippen MR) is 93.6 cm³/mol. The summed E-state index contributed by atoms with van der Waals surface area (Å²) in [6, 6.07) is 8.35. The first-order valence-corrected chi connectivity index (χ1v) is 8.79. The number of carbonyl (C=O) groups is 2. The largest absolute Gasteiger partial charge is 0.372 e. The fourth-order valence-electron chi connectivity index (χ4n) is 3.46. The Bertz CT molecular complexity index is 573. The second-order valence-corrected chi connectivity index (χ2v) is 6.68. The van der Waals surface area contributed by atoms with Crippen molar-refractivity contribution in [1.29, 1.82) is 0 Å². The van der Waals surface area contributed by atoms with E-state index < -0.39 is 0 Å². The highest BCUT2D eigenvalue weighted by molar-refractivity contribution is 5.78. The molecule has 3 amide bonds. The fraction of sp³-hybridized carbons (Fsp3) is 0.556. The molecular weight excluding hydrogens is 304 g/mol. The average molecular weight is 330 g/mol. The summed E-state index contributed by atoms with van der Waals surface area (Å²) in [4.78, 5) is 27.5. The molecular formula is C18H26N4O2. The number of hydrogen-bond acceptors (Lipinski definition) is 3. The third-order valence-corrected chi connectivity index (χ3v) is 5.04. The van der Waals surface area contributed by atoms with E-state index in [-0.39, 0.29) is 17.9 Å². The summed E-state index contributed by atoms with van der Waals surface area (Å²) in [5, 5.41) is 2.96. The number of hydrogen-bond donors (Lipinski definition) is 2. The van der Waals surface area contributed by atoms with Gasteiger partial charge in [0.25, 0.3) is 0 Å². The lowest BCUT2D eigenvalue weighted by atomic mass is 9.96. The van der Waals surface area contributed by atoms with Gasteiger partial charge in [0.05, 0.1) is 0 Å². The summed E-state index contributed by atoms with van der Waals surface area (Å²) in [7, 11) is 0. The number of urea groups is 1. The molecule has 2 aliphatic heterocycles. The van der Waals surface area contributed by atoms with Crippen LogP contribution >= 0.6 is 0 Å². The van der Waals surface area contributed by atoms with Crippen LogP contribution in [-0.4, -0.2) is 43.0 Å². The Morgan fingerprint density at radius 2 is 1.67 bits per heavy atom. The van der Waals surface area contributed by atoms with Gasteiger partial charge in [-0.05, 0) is 43.4 Å². The molecule has 6 heteroatoms. The van der Waals surface area contributed by atoms with Crippen molar-refractivity contribution in [1.82, 2.24) is 10.2 Å². The number of benzene rings is 1. The fourth-order valence-corrected chi connectivity index (χ4v) is 3.46. The Morgan fingerprint density at radius 3 is 2.25 bits per heavy atom. The van der Waals surface area contributed by atoms with Crippen molar-refractivity contribution in [2.45, 2.75) is 32.2 Å². The molecule has 2 aliphatic rings. The number of nitrogens with zero attached hydrogens (tertiary/aromatic N) is 2. The molecule has 0 aromatic heterocycles. The maximum absolute atomic E-state index is 12.2. The normalized spacial score (nSPS) is 18.7. The van der Waals surface area contributed by atoms with Gasteiger partial charge in [-0.15, -0.1) is 0 Å². The van der Waals surface area contributed by atoms with Crippen molar-refractivity contribution in [2.75, 3.05) is 31.1 Å². The van der Waals surface area contributed by atoms with Gasteiger partial charge < -0.3 is 20.9 Å². The number of primary amides is 1. The number of carbonyl (C=O) groups excluding carboxylic acids is 2. The minimum absolute atomic E-state index is 0.0680. The summed E-state index contributed by atoms with van der Waals surface area (Å²) >= 11 is 0. The lowest BCUT2D eigenvalue weighted by Gasteiger charge is -2.30. The van der Waals surface area contributed by atoms with Crippen molar-refractivity contribution >= 4 is 17.6 Å². The highest BCUT2D eigenvalue weighted by Crippen LogP contribution is 2.20. The van der Waals surface area contributed by atoms with E-state index in [9.17, 15) is 9.59 Å². The molecule has 0 bridgehead atoms. The zero-order chi connectivity index (χ0) is 16.9. The number of anilines is 1. The summed E-state index contributed by atoms with van der Waals surface area (Å²) in [5.74, 6) is -0.347. The summed E-state index contributed by atoms with van der Waals surface area (Å²) in [6.45, 7) is 3.98. The van der Waals surface area contributed by atoms with Gasteiger partial charge in [-0.25, -0.2) is 4.79 Å². The predicted octanol–water partition coefficient (Wildman–Crippen LogP) is 1.69. The zero-order valence-corrected chi connectivity index (χ0v) is 14.0. The molecule has 0 aliphatic carbocycles. The molecule has 1 aromatic rings. The van der Waals surface area contributed by atoms with E-state index in [0.29, 0.717) is 32.5 Å². The first-order valence-electron chi connectivity index (χ1n) is 8.79. The molecule has 0 unspecified atom stereocenters. The molecule has 2 saturated heterocycles. The minimum Gasteiger partial charge on any atom is -0.372 e. The smallest absolute Gasteiger partial charge is 0.317 e. The molecule has 3 rings (SSSR count). The van der Waals surface area contributed by atoms with E-state index in [0.717, 1.165) is 18.7 Å². The van der Waals surface area contributed by atoms with E-state index in [2.05, 4.69) is 34.5 Å². The Hall–Kier alpha value is -2.24. The average Bonchev–Trinajstić information content (AvgIpc) is 3.15. The molecule has 130 valence electrons. The van der Waals surface area contributed by atoms with Gasteiger partial charge in [-0.1, -0.05) is 12.1 Å². The van der Waals surface area contributed by atoms with E-state index >= 15 is 0 Å². The SMILES string of the molecule is NC(=O)C1CCN(C(=O)NCc2ccc(N3CCCC3)cc2)CC1. The molecule has 2 heterocycles. The number of likely N-dealkylation sites (tertiary alicyclic amines) is 1. The first-order chi connectivity index (χ1) is 11.6. The zero-order valence-electron chi connectivity index (χ0n) is 14.0. The van der Waals surface area contributed by atoms with Crippen LogP contribution in [0.3, 0.4) is 0 Å². The summed E-state index contributed by atoms with van der Waals surface area (Å²) in [6.07, 6.45) is 3.86. The third kappa shape index (κ3) is 3.99. The number of nitrogens with two attached hydrogens (primary N) is 1. The lowest BCUT2D eigenvalue weighted by Crippen LogP contribution is -2.46. The van der Waals surface area contributed by atoms with E-state index in [1.165, 1.54) is 18.5 Å². The summed E-state index contributed by atoms with van der Waals surface area (Å²) in [5.41, 5.74) is 7.68. The van der Waals surface area contributed by atoms with Crippen molar-refractivity contribution in [2.24, 2.45) is 11.7 Å². The standard InChI is InChI=1S/C18H26N4O2/c19-17(23)15-7-11-22(12-8-15)18(24)20-13-14-3-5-16(6-4-14)21-9-1-2-10-21/h3-6,15H,1-2,7-13H2,(H2,19,23)(H,20,24). The molecule has 3 N–H and O–H groups in total. The Labute approximate surface area is 143 Å². The number of nitrogens with one attached hydrogen (secondary N) is 1. The van der Waals surface area contributed by atoms with Gasteiger partial charge in [0.2, 0.25) is 5.91 Å². The lowest BCUT2D eigenvalue weighted by molar-refractivity contribution is -0.123. The number of rotatable bonds is 4.